The number of carbonyl (C=O) groups is 2. The molecule has 0 radical (unpaired) electrons. The van der Waals surface area contributed by atoms with Gasteiger partial charge in [-0.25, -0.2) is 0 Å². The van der Waals surface area contributed by atoms with E-state index >= 15 is 0 Å². The second-order valence-corrected chi connectivity index (χ2v) is 10.0. The molecule has 0 bridgehead atoms. The lowest BCUT2D eigenvalue weighted by Gasteiger charge is -2.67. The third kappa shape index (κ3) is 1.97. The molecule has 6 heteroatoms. The SMILES string of the molecule is CC(=O)OC1CCC(C)(C)C2(O)CC3OC(=O)C4c5ccoc5CC([C@@H]34)[C@@]12C. The largest absolute Gasteiger partial charge is 0.469 e. The minimum absolute atomic E-state index is 0.0326. The van der Waals surface area contributed by atoms with Gasteiger partial charge in [-0.2, -0.15) is 0 Å². The summed E-state index contributed by atoms with van der Waals surface area (Å²) in [6, 6.07) is 1.87. The average molecular weight is 388 g/mol. The molecule has 5 unspecified atom stereocenters. The van der Waals surface area contributed by atoms with Crippen molar-refractivity contribution in [3.8, 4) is 0 Å². The van der Waals surface area contributed by atoms with Crippen molar-refractivity contribution in [1.29, 1.82) is 0 Å². The summed E-state index contributed by atoms with van der Waals surface area (Å²) >= 11 is 0. The fourth-order valence-corrected chi connectivity index (χ4v) is 7.13. The van der Waals surface area contributed by atoms with Crippen LogP contribution in [0.2, 0.25) is 0 Å². The predicted octanol–water partition coefficient (Wildman–Crippen LogP) is 2.97. The lowest BCUT2D eigenvalue weighted by Crippen LogP contribution is -2.73. The van der Waals surface area contributed by atoms with Crippen LogP contribution in [0.4, 0.5) is 0 Å². The minimum atomic E-state index is -1.12. The van der Waals surface area contributed by atoms with Gasteiger partial charge in [-0.05, 0) is 30.2 Å². The van der Waals surface area contributed by atoms with Gasteiger partial charge in [0, 0.05) is 36.7 Å². The zero-order chi connectivity index (χ0) is 20.1. The summed E-state index contributed by atoms with van der Waals surface area (Å²) in [5.74, 6) is -0.235. The van der Waals surface area contributed by atoms with E-state index in [2.05, 4.69) is 20.8 Å². The number of aliphatic hydroxyl groups is 1. The van der Waals surface area contributed by atoms with Crippen molar-refractivity contribution in [3.05, 3.63) is 23.7 Å². The van der Waals surface area contributed by atoms with Gasteiger partial charge in [-0.1, -0.05) is 20.8 Å². The van der Waals surface area contributed by atoms with E-state index in [0.717, 1.165) is 17.7 Å². The molecule has 2 saturated carbocycles. The molecule has 28 heavy (non-hydrogen) atoms. The first kappa shape index (κ1) is 18.2. The molecule has 7 atom stereocenters. The first-order valence-corrected chi connectivity index (χ1v) is 10.3. The Labute approximate surface area is 164 Å². The second-order valence-electron chi connectivity index (χ2n) is 10.0. The smallest absolute Gasteiger partial charge is 0.314 e. The van der Waals surface area contributed by atoms with E-state index in [0.29, 0.717) is 19.3 Å². The van der Waals surface area contributed by atoms with Crippen LogP contribution in [0.3, 0.4) is 0 Å². The molecule has 1 saturated heterocycles. The Kier molecular flexibility index (Phi) is 3.52. The Balaban J connectivity index is 1.70. The lowest BCUT2D eigenvalue weighted by atomic mass is 9.40. The third-order valence-corrected chi connectivity index (χ3v) is 8.61. The highest BCUT2D eigenvalue weighted by atomic mass is 16.6. The molecule has 1 aromatic rings. The topological polar surface area (TPSA) is 86.0 Å². The molecule has 1 aromatic heterocycles. The molecule has 5 rings (SSSR count). The summed E-state index contributed by atoms with van der Waals surface area (Å²) in [5, 5.41) is 12.2. The van der Waals surface area contributed by atoms with Gasteiger partial charge in [-0.3, -0.25) is 9.59 Å². The number of esters is 2. The second kappa shape index (κ2) is 5.41. The van der Waals surface area contributed by atoms with Crippen molar-refractivity contribution >= 4 is 11.9 Å². The van der Waals surface area contributed by atoms with E-state index < -0.39 is 22.5 Å². The maximum Gasteiger partial charge on any atom is 0.314 e. The van der Waals surface area contributed by atoms with Crippen LogP contribution in [0, 0.1) is 22.7 Å². The summed E-state index contributed by atoms with van der Waals surface area (Å²) in [5.41, 5.74) is -1.29. The normalized spacial score (nSPS) is 45.5. The van der Waals surface area contributed by atoms with Crippen LogP contribution in [-0.4, -0.2) is 34.9 Å². The zero-order valence-electron chi connectivity index (χ0n) is 16.9. The monoisotopic (exact) mass is 388 g/mol. The van der Waals surface area contributed by atoms with Crippen molar-refractivity contribution in [1.82, 2.24) is 0 Å². The highest BCUT2D eigenvalue weighted by Crippen LogP contribution is 2.69. The summed E-state index contributed by atoms with van der Waals surface area (Å²) < 4.78 is 17.4. The molecular weight excluding hydrogens is 360 g/mol. The molecule has 0 spiro atoms. The highest BCUT2D eigenvalue weighted by molar-refractivity contribution is 5.82. The van der Waals surface area contributed by atoms with E-state index in [4.69, 9.17) is 13.9 Å². The van der Waals surface area contributed by atoms with Crippen molar-refractivity contribution in [2.75, 3.05) is 0 Å². The van der Waals surface area contributed by atoms with Gasteiger partial charge in [0.15, 0.2) is 0 Å². The molecule has 1 aliphatic heterocycles. The lowest BCUT2D eigenvalue weighted by molar-refractivity contribution is -0.289. The Hall–Kier alpha value is -1.82. The quantitative estimate of drug-likeness (QED) is 0.745. The average Bonchev–Trinajstić information content (AvgIpc) is 3.19. The Morgan fingerprint density at radius 3 is 2.79 bits per heavy atom. The predicted molar refractivity (Wildman–Crippen MR) is 98.3 cm³/mol. The first-order chi connectivity index (χ1) is 13.1. The van der Waals surface area contributed by atoms with Crippen LogP contribution in [0.25, 0.3) is 0 Å². The number of hydrogen-bond donors (Lipinski definition) is 1. The third-order valence-electron chi connectivity index (χ3n) is 8.61. The van der Waals surface area contributed by atoms with E-state index in [-0.39, 0.29) is 35.8 Å². The van der Waals surface area contributed by atoms with Gasteiger partial charge < -0.3 is 19.0 Å². The minimum Gasteiger partial charge on any atom is -0.469 e. The molecule has 1 N–H and O–H groups in total. The zero-order valence-corrected chi connectivity index (χ0v) is 16.9. The molecule has 2 heterocycles. The van der Waals surface area contributed by atoms with Crippen LogP contribution in [0.15, 0.2) is 16.7 Å². The molecule has 0 aromatic carbocycles. The number of ether oxygens (including phenoxy) is 2. The Morgan fingerprint density at radius 1 is 1.32 bits per heavy atom. The highest BCUT2D eigenvalue weighted by Gasteiger charge is 2.74. The molecule has 4 aliphatic rings. The van der Waals surface area contributed by atoms with Gasteiger partial charge >= 0.3 is 11.9 Å². The van der Waals surface area contributed by atoms with Crippen molar-refractivity contribution in [3.63, 3.8) is 0 Å². The van der Waals surface area contributed by atoms with Crippen molar-refractivity contribution < 1.29 is 28.6 Å². The van der Waals surface area contributed by atoms with E-state index in [1.165, 1.54) is 6.92 Å². The fourth-order valence-electron chi connectivity index (χ4n) is 7.13. The molecular formula is C22H28O6. The van der Waals surface area contributed by atoms with Gasteiger partial charge in [0.25, 0.3) is 0 Å². The van der Waals surface area contributed by atoms with Gasteiger partial charge in [0.1, 0.15) is 18.0 Å². The fraction of sp³-hybridized carbons (Fsp3) is 0.727. The molecule has 152 valence electrons. The standard InChI is InChI=1S/C22H28O6/c1-11(23)27-16-5-7-20(2,3)22(25)10-15-18-13(21(16,22)4)9-14-12(6-8-26-14)17(18)19(24)28-15/h6,8,13,15-18,25H,5,7,9-10H2,1-4H3/t13?,15?,16?,17?,18-,21-,22?/m0/s1. The van der Waals surface area contributed by atoms with Crippen molar-refractivity contribution in [2.45, 2.75) is 77.1 Å². The summed E-state index contributed by atoms with van der Waals surface area (Å²) in [6.45, 7) is 7.62. The van der Waals surface area contributed by atoms with Crippen molar-refractivity contribution in [2.24, 2.45) is 22.7 Å². The van der Waals surface area contributed by atoms with Gasteiger partial charge in [0.05, 0.1) is 17.8 Å². The molecule has 0 amide bonds. The molecule has 3 aliphatic carbocycles. The van der Waals surface area contributed by atoms with Crippen LogP contribution < -0.4 is 0 Å². The molecule has 3 fully saturated rings. The maximum atomic E-state index is 12.8. The number of hydrogen-bond acceptors (Lipinski definition) is 6. The number of furan rings is 1. The summed E-state index contributed by atoms with van der Waals surface area (Å²) in [7, 11) is 0. The van der Waals surface area contributed by atoms with E-state index in [1.54, 1.807) is 6.26 Å². The van der Waals surface area contributed by atoms with E-state index in [1.807, 2.05) is 6.07 Å². The Bertz CT molecular complexity index is 855. The first-order valence-electron chi connectivity index (χ1n) is 10.3. The van der Waals surface area contributed by atoms with Crippen LogP contribution in [0.1, 0.15) is 64.2 Å². The summed E-state index contributed by atoms with van der Waals surface area (Å²) in [6.07, 6.45) is 3.34. The number of rotatable bonds is 1. The van der Waals surface area contributed by atoms with Crippen LogP contribution in [-0.2, 0) is 25.5 Å². The molecule has 6 nitrogen and oxygen atoms in total. The van der Waals surface area contributed by atoms with Crippen LogP contribution >= 0.6 is 0 Å². The Morgan fingerprint density at radius 2 is 2.07 bits per heavy atom. The van der Waals surface area contributed by atoms with E-state index in [9.17, 15) is 14.7 Å². The van der Waals surface area contributed by atoms with Gasteiger partial charge in [-0.15, -0.1) is 0 Å². The van der Waals surface area contributed by atoms with Crippen LogP contribution in [0.5, 0.6) is 0 Å². The number of fused-ring (bicyclic) bond motifs is 4. The number of carbonyl (C=O) groups excluding carboxylic acids is 2. The maximum absolute atomic E-state index is 12.8. The summed E-state index contributed by atoms with van der Waals surface area (Å²) in [4.78, 5) is 24.7. The van der Waals surface area contributed by atoms with Gasteiger partial charge in [0.2, 0.25) is 0 Å².